The molecule has 0 bridgehead atoms. The fourth-order valence-electron chi connectivity index (χ4n) is 1.34. The molecule has 8 heteroatoms. The molecule has 0 atom stereocenters. The Balaban J connectivity index is 2.92. The van der Waals surface area contributed by atoms with Crippen molar-refractivity contribution in [2.45, 2.75) is 13.3 Å². The summed E-state index contributed by atoms with van der Waals surface area (Å²) in [6.45, 7) is 1.59. The number of alkyl halides is 1. The van der Waals surface area contributed by atoms with Crippen LogP contribution in [0.1, 0.15) is 12.0 Å². The second kappa shape index (κ2) is 6.01. The lowest BCUT2D eigenvalue weighted by Gasteiger charge is -2.07. The van der Waals surface area contributed by atoms with Crippen LogP contribution < -0.4 is 4.72 Å². The van der Waals surface area contributed by atoms with Gasteiger partial charge in [0.25, 0.3) is 5.69 Å². The molecule has 0 saturated carbocycles. The van der Waals surface area contributed by atoms with Crippen molar-refractivity contribution in [1.82, 2.24) is 0 Å². The van der Waals surface area contributed by atoms with Crippen LogP contribution in [0.2, 0.25) is 0 Å². The van der Waals surface area contributed by atoms with Crippen LogP contribution in [-0.2, 0) is 10.0 Å². The van der Waals surface area contributed by atoms with E-state index in [9.17, 15) is 18.5 Å². The average molecular weight is 293 g/mol. The van der Waals surface area contributed by atoms with Crippen LogP contribution in [0.25, 0.3) is 0 Å². The van der Waals surface area contributed by atoms with E-state index in [1.807, 2.05) is 0 Å². The van der Waals surface area contributed by atoms with Crippen LogP contribution in [-0.4, -0.2) is 25.0 Å². The number of rotatable bonds is 6. The Kier molecular flexibility index (Phi) is 4.92. The van der Waals surface area contributed by atoms with Crippen molar-refractivity contribution >= 4 is 33.0 Å². The van der Waals surface area contributed by atoms with Gasteiger partial charge in [0.05, 0.1) is 16.4 Å². The van der Waals surface area contributed by atoms with Gasteiger partial charge in [-0.3, -0.25) is 14.8 Å². The lowest BCUT2D eigenvalue weighted by atomic mass is 10.2. The van der Waals surface area contributed by atoms with Crippen molar-refractivity contribution in [2.75, 3.05) is 16.4 Å². The third kappa shape index (κ3) is 4.15. The maximum absolute atomic E-state index is 11.6. The molecule has 1 rings (SSSR count). The molecule has 0 aromatic heterocycles. The van der Waals surface area contributed by atoms with Gasteiger partial charge in [-0.05, 0) is 19.4 Å². The monoisotopic (exact) mass is 292 g/mol. The maximum atomic E-state index is 11.6. The number of sulfonamides is 1. The molecular formula is C10H13ClN2O4S. The zero-order valence-corrected chi connectivity index (χ0v) is 11.3. The Hall–Kier alpha value is -1.34. The van der Waals surface area contributed by atoms with Crippen LogP contribution in [0.3, 0.4) is 0 Å². The third-order valence-corrected chi connectivity index (χ3v) is 3.87. The van der Waals surface area contributed by atoms with Gasteiger partial charge in [-0.15, -0.1) is 11.6 Å². The molecule has 0 saturated heterocycles. The number of nitro groups is 1. The van der Waals surface area contributed by atoms with E-state index < -0.39 is 14.9 Å². The van der Waals surface area contributed by atoms with Gasteiger partial charge >= 0.3 is 0 Å². The summed E-state index contributed by atoms with van der Waals surface area (Å²) in [6, 6.07) is 4.19. The first-order valence-electron chi connectivity index (χ1n) is 5.17. The number of nitrogens with one attached hydrogen (secondary N) is 1. The van der Waals surface area contributed by atoms with E-state index in [4.69, 9.17) is 11.6 Å². The third-order valence-electron chi connectivity index (χ3n) is 2.23. The molecule has 100 valence electrons. The lowest BCUT2D eigenvalue weighted by molar-refractivity contribution is -0.385. The van der Waals surface area contributed by atoms with E-state index in [1.54, 1.807) is 6.92 Å². The molecule has 1 N–H and O–H groups in total. The van der Waals surface area contributed by atoms with E-state index in [0.29, 0.717) is 12.0 Å². The lowest BCUT2D eigenvalue weighted by Crippen LogP contribution is -2.17. The highest BCUT2D eigenvalue weighted by Crippen LogP contribution is 2.23. The van der Waals surface area contributed by atoms with Crippen molar-refractivity contribution in [1.29, 1.82) is 0 Å². The number of anilines is 1. The van der Waals surface area contributed by atoms with Gasteiger partial charge < -0.3 is 0 Å². The van der Waals surface area contributed by atoms with Gasteiger partial charge in [0.15, 0.2) is 0 Å². The molecule has 1 aromatic rings. The highest BCUT2D eigenvalue weighted by Gasteiger charge is 2.14. The predicted molar refractivity (Wildman–Crippen MR) is 70.6 cm³/mol. The van der Waals surface area contributed by atoms with Crippen molar-refractivity contribution in [3.05, 3.63) is 33.9 Å². The Morgan fingerprint density at radius 1 is 1.44 bits per heavy atom. The molecule has 1 aromatic carbocycles. The first kappa shape index (κ1) is 14.7. The predicted octanol–water partition coefficient (Wildman–Crippen LogP) is 2.27. The molecule has 6 nitrogen and oxygen atoms in total. The zero-order valence-electron chi connectivity index (χ0n) is 9.72. The van der Waals surface area contributed by atoms with E-state index in [1.165, 1.54) is 18.2 Å². The van der Waals surface area contributed by atoms with Crippen LogP contribution >= 0.6 is 11.6 Å². The normalized spacial score (nSPS) is 11.2. The summed E-state index contributed by atoms with van der Waals surface area (Å²) in [6.07, 6.45) is 0.324. The topological polar surface area (TPSA) is 89.3 Å². The molecule has 0 aliphatic carbocycles. The summed E-state index contributed by atoms with van der Waals surface area (Å²) in [5.41, 5.74) is 0.540. The van der Waals surface area contributed by atoms with Gasteiger partial charge in [-0.25, -0.2) is 8.42 Å². The molecule has 0 aliphatic rings. The van der Waals surface area contributed by atoms with Crippen LogP contribution in [0.5, 0.6) is 0 Å². The average Bonchev–Trinajstić information content (AvgIpc) is 2.28. The van der Waals surface area contributed by atoms with Crippen molar-refractivity contribution < 1.29 is 13.3 Å². The number of halogens is 1. The molecule has 0 radical (unpaired) electrons. The standard InChI is InChI=1S/C10H13ClN2O4S/c1-8-3-4-9(7-10(8)13(14)15)12-18(16,17)6-2-5-11/h3-4,7,12H,2,5-6H2,1H3. The highest BCUT2D eigenvalue weighted by molar-refractivity contribution is 7.92. The smallest absolute Gasteiger partial charge is 0.274 e. The molecule has 0 fully saturated rings. The van der Waals surface area contributed by atoms with Crippen LogP contribution in [0.15, 0.2) is 18.2 Å². The molecule has 0 spiro atoms. The summed E-state index contributed by atoms with van der Waals surface area (Å²) in [5, 5.41) is 10.7. The van der Waals surface area contributed by atoms with E-state index in [0.717, 1.165) is 0 Å². The molecule has 0 heterocycles. The van der Waals surface area contributed by atoms with E-state index in [2.05, 4.69) is 4.72 Å². The van der Waals surface area contributed by atoms with E-state index in [-0.39, 0.29) is 23.0 Å². The minimum atomic E-state index is -3.51. The number of benzene rings is 1. The maximum Gasteiger partial charge on any atom is 0.274 e. The number of hydrogen-bond acceptors (Lipinski definition) is 4. The molecule has 18 heavy (non-hydrogen) atoms. The minimum Gasteiger partial charge on any atom is -0.283 e. The Morgan fingerprint density at radius 3 is 2.67 bits per heavy atom. The molecule has 0 amide bonds. The molecule has 0 aliphatic heterocycles. The summed E-state index contributed by atoms with van der Waals surface area (Å²) < 4.78 is 25.5. The number of aryl methyl sites for hydroxylation is 1. The van der Waals surface area contributed by atoms with Gasteiger partial charge in [0.2, 0.25) is 10.0 Å². The number of nitrogens with zero attached hydrogens (tertiary/aromatic N) is 1. The van der Waals surface area contributed by atoms with Gasteiger partial charge in [0.1, 0.15) is 0 Å². The number of nitro benzene ring substituents is 1. The summed E-state index contributed by atoms with van der Waals surface area (Å²) in [4.78, 5) is 10.2. The highest BCUT2D eigenvalue weighted by atomic mass is 35.5. The van der Waals surface area contributed by atoms with Crippen molar-refractivity contribution in [3.8, 4) is 0 Å². The second-order valence-corrected chi connectivity index (χ2v) is 5.94. The second-order valence-electron chi connectivity index (χ2n) is 3.72. The zero-order chi connectivity index (χ0) is 13.8. The summed E-state index contributed by atoms with van der Waals surface area (Å²) >= 11 is 5.42. The molecule has 0 unspecified atom stereocenters. The summed E-state index contributed by atoms with van der Waals surface area (Å²) in [5.74, 6) is 0.132. The van der Waals surface area contributed by atoms with Crippen LogP contribution in [0, 0.1) is 17.0 Å². The van der Waals surface area contributed by atoms with Crippen molar-refractivity contribution in [2.24, 2.45) is 0 Å². The van der Waals surface area contributed by atoms with Crippen molar-refractivity contribution in [3.63, 3.8) is 0 Å². The fraction of sp³-hybridized carbons (Fsp3) is 0.400. The number of hydrogen-bond donors (Lipinski definition) is 1. The van der Waals surface area contributed by atoms with Crippen LogP contribution in [0.4, 0.5) is 11.4 Å². The van der Waals surface area contributed by atoms with E-state index >= 15 is 0 Å². The summed E-state index contributed by atoms with van der Waals surface area (Å²) in [7, 11) is -3.51. The molecular weight excluding hydrogens is 280 g/mol. The minimum absolute atomic E-state index is 0.113. The van der Waals surface area contributed by atoms with Gasteiger partial charge in [-0.1, -0.05) is 6.07 Å². The quantitative estimate of drug-likeness (QED) is 0.495. The Labute approximate surface area is 110 Å². The first-order valence-corrected chi connectivity index (χ1v) is 7.36. The van der Waals surface area contributed by atoms with Gasteiger partial charge in [-0.2, -0.15) is 0 Å². The SMILES string of the molecule is Cc1ccc(NS(=O)(=O)CCCCl)cc1[N+](=O)[O-]. The van der Waals surface area contributed by atoms with Gasteiger partial charge in [0, 0.05) is 17.5 Å². The largest absolute Gasteiger partial charge is 0.283 e. The Bertz CT molecular complexity index is 545. The first-order chi connectivity index (χ1) is 8.35. The Morgan fingerprint density at radius 2 is 2.11 bits per heavy atom. The fourth-order valence-corrected chi connectivity index (χ4v) is 2.75.